The average molecular weight is 312 g/mol. The van der Waals surface area contributed by atoms with Gasteiger partial charge in [0, 0.05) is 0 Å². The van der Waals surface area contributed by atoms with Gasteiger partial charge >= 0.3 is 0 Å². The topological polar surface area (TPSA) is 84.1 Å². The van der Waals surface area contributed by atoms with Gasteiger partial charge in [-0.15, -0.1) is 0 Å². The molecule has 1 N–H and O–H groups in total. The lowest BCUT2D eigenvalue weighted by atomic mass is 9.96. The van der Waals surface area contributed by atoms with Crippen LogP contribution in [0.15, 0.2) is 52.9 Å². The van der Waals surface area contributed by atoms with Crippen molar-refractivity contribution in [1.82, 2.24) is 0 Å². The van der Waals surface area contributed by atoms with Crippen LogP contribution in [0.25, 0.3) is 5.57 Å². The van der Waals surface area contributed by atoms with Crippen molar-refractivity contribution in [2.75, 3.05) is 21.3 Å². The van der Waals surface area contributed by atoms with E-state index >= 15 is 0 Å². The molecule has 0 saturated carbocycles. The number of ether oxygens (including phenoxy) is 3. The van der Waals surface area contributed by atoms with Crippen molar-refractivity contribution < 1.29 is 19.4 Å². The predicted molar refractivity (Wildman–Crippen MR) is 85.5 cm³/mol. The minimum atomic E-state index is 0.292. The van der Waals surface area contributed by atoms with Gasteiger partial charge in [0.2, 0.25) is 0 Å². The zero-order chi connectivity index (χ0) is 16.8. The van der Waals surface area contributed by atoms with E-state index in [1.54, 1.807) is 43.5 Å². The molecule has 6 nitrogen and oxygen atoms in total. The molecule has 6 heteroatoms. The first-order valence-corrected chi connectivity index (χ1v) is 6.71. The van der Waals surface area contributed by atoms with E-state index in [1.165, 1.54) is 14.2 Å². The lowest BCUT2D eigenvalue weighted by molar-refractivity contribution is 0.295. The van der Waals surface area contributed by atoms with E-state index in [9.17, 15) is 5.26 Å². The summed E-state index contributed by atoms with van der Waals surface area (Å²) >= 11 is 0. The van der Waals surface area contributed by atoms with Crippen LogP contribution in [0.2, 0.25) is 0 Å². The summed E-state index contributed by atoms with van der Waals surface area (Å²) in [5, 5.41) is 21.6. The summed E-state index contributed by atoms with van der Waals surface area (Å²) in [4.78, 5) is 0. The Morgan fingerprint density at radius 2 is 1.83 bits per heavy atom. The third kappa shape index (κ3) is 3.19. The summed E-state index contributed by atoms with van der Waals surface area (Å²) in [5.41, 5.74) is 2.06. The number of benzene rings is 1. The van der Waals surface area contributed by atoms with Crippen molar-refractivity contribution >= 4 is 11.3 Å². The summed E-state index contributed by atoms with van der Waals surface area (Å²) in [7, 11) is 4.55. The highest BCUT2D eigenvalue weighted by molar-refractivity contribution is 6.09. The highest BCUT2D eigenvalue weighted by atomic mass is 16.5. The fourth-order valence-electron chi connectivity index (χ4n) is 2.20. The highest BCUT2D eigenvalue weighted by Crippen LogP contribution is 2.32. The van der Waals surface area contributed by atoms with Crippen molar-refractivity contribution in [2.45, 2.75) is 0 Å². The predicted octanol–water partition coefficient (Wildman–Crippen LogP) is 2.91. The second-order valence-corrected chi connectivity index (χ2v) is 4.54. The third-order valence-corrected chi connectivity index (χ3v) is 3.36. The van der Waals surface area contributed by atoms with E-state index < -0.39 is 0 Å². The molecule has 118 valence electrons. The van der Waals surface area contributed by atoms with Gasteiger partial charge in [-0.3, -0.25) is 0 Å². The van der Waals surface area contributed by atoms with Crippen molar-refractivity contribution in [2.24, 2.45) is 5.16 Å². The average Bonchev–Trinajstić information content (AvgIpc) is 2.61. The van der Waals surface area contributed by atoms with Crippen molar-refractivity contribution in [3.63, 3.8) is 0 Å². The van der Waals surface area contributed by atoms with Crippen molar-refractivity contribution in [3.05, 3.63) is 53.3 Å². The number of nitrogens with zero attached hydrogens (tertiary/aromatic N) is 2. The molecular formula is C17H16N2O4. The maximum atomic E-state index is 9.54. The van der Waals surface area contributed by atoms with Crippen LogP contribution in [0.1, 0.15) is 5.56 Å². The molecule has 1 aromatic rings. The molecule has 1 aliphatic carbocycles. The van der Waals surface area contributed by atoms with Crippen LogP contribution in [-0.4, -0.2) is 32.2 Å². The molecule has 0 atom stereocenters. The van der Waals surface area contributed by atoms with E-state index in [1.807, 2.05) is 0 Å². The van der Waals surface area contributed by atoms with Gasteiger partial charge in [0.1, 0.15) is 17.5 Å². The maximum absolute atomic E-state index is 9.54. The first kappa shape index (κ1) is 16.2. The lowest BCUT2D eigenvalue weighted by Crippen LogP contribution is -2.06. The second-order valence-electron chi connectivity index (χ2n) is 4.54. The van der Waals surface area contributed by atoms with Crippen LogP contribution in [0.3, 0.4) is 0 Å². The highest BCUT2D eigenvalue weighted by Gasteiger charge is 2.16. The van der Waals surface area contributed by atoms with Gasteiger partial charge in [0.15, 0.2) is 11.5 Å². The normalized spacial score (nSPS) is 17.3. The summed E-state index contributed by atoms with van der Waals surface area (Å²) in [5.74, 6) is 1.49. The molecule has 2 rings (SSSR count). The Hall–Kier alpha value is -3.20. The number of hydrogen-bond acceptors (Lipinski definition) is 6. The zero-order valence-electron chi connectivity index (χ0n) is 13.0. The minimum absolute atomic E-state index is 0.292. The van der Waals surface area contributed by atoms with Gasteiger partial charge < -0.3 is 19.4 Å². The van der Waals surface area contributed by atoms with Crippen LogP contribution in [0, 0.1) is 11.3 Å². The van der Waals surface area contributed by atoms with E-state index in [0.29, 0.717) is 39.7 Å². The molecule has 0 aromatic heterocycles. The summed E-state index contributed by atoms with van der Waals surface area (Å²) < 4.78 is 15.6. The van der Waals surface area contributed by atoms with Gasteiger partial charge in [0.25, 0.3) is 0 Å². The number of hydrogen-bond donors (Lipinski definition) is 1. The standard InChI is InChI=1S/C17H16N2O4/c1-21-15-7-5-12(9-17(15)23-3)13(10-18)11-4-6-14(19-20)16(8-11)22-2/h4-9,20H,1-3H3. The Morgan fingerprint density at radius 1 is 1.09 bits per heavy atom. The lowest BCUT2D eigenvalue weighted by Gasteiger charge is -2.13. The maximum Gasteiger partial charge on any atom is 0.161 e. The smallest absolute Gasteiger partial charge is 0.161 e. The molecule has 0 spiro atoms. The van der Waals surface area contributed by atoms with E-state index in [-0.39, 0.29) is 0 Å². The van der Waals surface area contributed by atoms with Gasteiger partial charge in [0.05, 0.1) is 26.9 Å². The Kier molecular flexibility index (Phi) is 5.05. The third-order valence-electron chi connectivity index (χ3n) is 3.36. The Morgan fingerprint density at radius 3 is 2.39 bits per heavy atom. The SMILES string of the molecule is COC1=CC(=C(C#N)c2ccc(OC)c(OC)c2)C=CC1=NO. The van der Waals surface area contributed by atoms with E-state index in [2.05, 4.69) is 11.2 Å². The molecule has 0 heterocycles. The van der Waals surface area contributed by atoms with E-state index in [0.717, 1.165) is 0 Å². The van der Waals surface area contributed by atoms with Gasteiger partial charge in [-0.25, -0.2) is 0 Å². The van der Waals surface area contributed by atoms with E-state index in [4.69, 9.17) is 19.4 Å². The summed E-state index contributed by atoms with van der Waals surface area (Å²) in [6.07, 6.45) is 4.91. The number of allylic oxidation sites excluding steroid dienone is 5. The van der Waals surface area contributed by atoms with Crippen LogP contribution in [0.4, 0.5) is 0 Å². The van der Waals surface area contributed by atoms with Gasteiger partial charge in [-0.05, 0) is 41.5 Å². The summed E-state index contributed by atoms with van der Waals surface area (Å²) in [6, 6.07) is 7.42. The molecule has 0 amide bonds. The van der Waals surface area contributed by atoms with Crippen LogP contribution in [0.5, 0.6) is 11.5 Å². The molecule has 0 aliphatic heterocycles. The van der Waals surface area contributed by atoms with Crippen LogP contribution >= 0.6 is 0 Å². The Balaban J connectivity index is 2.56. The molecule has 0 radical (unpaired) electrons. The number of methoxy groups -OCH3 is 3. The number of oxime groups is 1. The van der Waals surface area contributed by atoms with Crippen LogP contribution in [-0.2, 0) is 4.74 Å². The molecule has 0 fully saturated rings. The number of rotatable bonds is 4. The Labute approximate surface area is 134 Å². The molecule has 0 bridgehead atoms. The molecular weight excluding hydrogens is 296 g/mol. The van der Waals surface area contributed by atoms with Crippen molar-refractivity contribution in [3.8, 4) is 17.6 Å². The first-order valence-electron chi connectivity index (χ1n) is 6.71. The summed E-state index contributed by atoms with van der Waals surface area (Å²) in [6.45, 7) is 0. The molecule has 23 heavy (non-hydrogen) atoms. The number of nitriles is 1. The Bertz CT molecular complexity index is 767. The molecule has 0 saturated heterocycles. The molecule has 1 aliphatic rings. The minimum Gasteiger partial charge on any atom is -0.494 e. The fourth-order valence-corrected chi connectivity index (χ4v) is 2.20. The van der Waals surface area contributed by atoms with Crippen molar-refractivity contribution in [1.29, 1.82) is 5.26 Å². The quantitative estimate of drug-likeness (QED) is 0.525. The molecule has 1 aromatic carbocycles. The largest absolute Gasteiger partial charge is 0.494 e. The van der Waals surface area contributed by atoms with Gasteiger partial charge in [-0.1, -0.05) is 11.2 Å². The molecule has 0 unspecified atom stereocenters. The van der Waals surface area contributed by atoms with Crippen LogP contribution < -0.4 is 9.47 Å². The first-order chi connectivity index (χ1) is 11.2. The fraction of sp³-hybridized carbons (Fsp3) is 0.176. The second kappa shape index (κ2) is 7.18. The zero-order valence-corrected chi connectivity index (χ0v) is 13.0. The van der Waals surface area contributed by atoms with Gasteiger partial charge in [-0.2, -0.15) is 5.26 Å². The monoisotopic (exact) mass is 312 g/mol.